The van der Waals surface area contributed by atoms with Gasteiger partial charge in [0.25, 0.3) is 5.91 Å². The van der Waals surface area contributed by atoms with E-state index in [0.717, 1.165) is 5.69 Å². The van der Waals surface area contributed by atoms with Gasteiger partial charge in [-0.2, -0.15) is 0 Å². The highest BCUT2D eigenvalue weighted by atomic mass is 16.5. The first-order chi connectivity index (χ1) is 13.8. The molecule has 0 aliphatic carbocycles. The van der Waals surface area contributed by atoms with Crippen molar-refractivity contribution < 1.29 is 28.9 Å². The van der Waals surface area contributed by atoms with Gasteiger partial charge >= 0.3 is 5.97 Å². The van der Waals surface area contributed by atoms with Gasteiger partial charge in [-0.1, -0.05) is 12.1 Å². The molecule has 2 aromatic carbocycles. The summed E-state index contributed by atoms with van der Waals surface area (Å²) >= 11 is 0. The molecular formula is C21H24N2O6. The van der Waals surface area contributed by atoms with Crippen LogP contribution in [0.2, 0.25) is 0 Å². The maximum atomic E-state index is 12.7. The van der Waals surface area contributed by atoms with Gasteiger partial charge in [-0.25, -0.2) is 4.79 Å². The largest absolute Gasteiger partial charge is 0.493 e. The molecular weight excluding hydrogens is 376 g/mol. The second-order valence-corrected chi connectivity index (χ2v) is 6.22. The molecule has 0 fully saturated rings. The van der Waals surface area contributed by atoms with Crippen molar-refractivity contribution in [3.8, 4) is 17.2 Å². The maximum absolute atomic E-state index is 12.7. The molecule has 0 saturated heterocycles. The molecule has 0 unspecified atom stereocenters. The summed E-state index contributed by atoms with van der Waals surface area (Å²) in [6.07, 6.45) is 1.39. The van der Waals surface area contributed by atoms with Crippen LogP contribution in [0.1, 0.15) is 15.9 Å². The summed E-state index contributed by atoms with van der Waals surface area (Å²) in [5.74, 6) is -0.971. The number of carbonyl (C=O) groups is 2. The molecule has 2 N–H and O–H groups in total. The van der Waals surface area contributed by atoms with Crippen LogP contribution in [-0.4, -0.2) is 52.4 Å². The van der Waals surface area contributed by atoms with E-state index in [1.165, 1.54) is 39.5 Å². The van der Waals surface area contributed by atoms with Crippen LogP contribution in [0.15, 0.2) is 42.1 Å². The van der Waals surface area contributed by atoms with Crippen LogP contribution in [-0.2, 0) is 4.79 Å². The number of carbonyl (C=O) groups excluding carboxylic acids is 1. The van der Waals surface area contributed by atoms with E-state index in [0.29, 0.717) is 11.3 Å². The molecule has 29 heavy (non-hydrogen) atoms. The maximum Gasteiger partial charge on any atom is 0.352 e. The average Bonchev–Trinajstić information content (AvgIpc) is 2.72. The molecule has 0 spiro atoms. The Morgan fingerprint density at radius 1 is 0.966 bits per heavy atom. The number of rotatable bonds is 8. The smallest absolute Gasteiger partial charge is 0.352 e. The van der Waals surface area contributed by atoms with Crippen LogP contribution in [0.3, 0.4) is 0 Å². The topological polar surface area (TPSA) is 97.3 Å². The van der Waals surface area contributed by atoms with E-state index in [1.807, 2.05) is 31.1 Å². The van der Waals surface area contributed by atoms with E-state index in [-0.39, 0.29) is 22.8 Å². The highest BCUT2D eigenvalue weighted by Crippen LogP contribution is 2.38. The van der Waals surface area contributed by atoms with Crippen molar-refractivity contribution in [2.75, 3.05) is 40.3 Å². The summed E-state index contributed by atoms with van der Waals surface area (Å²) in [6, 6.07) is 10.1. The first-order valence-corrected chi connectivity index (χ1v) is 8.64. The van der Waals surface area contributed by atoms with Crippen molar-refractivity contribution in [3.63, 3.8) is 0 Å². The Morgan fingerprint density at radius 3 is 1.93 bits per heavy atom. The van der Waals surface area contributed by atoms with Crippen LogP contribution >= 0.6 is 0 Å². The SMILES string of the molecule is COc1cc(C(=O)N/C(=C/c2ccc(N(C)C)cc2)C(=O)O)cc(OC)c1OC. The van der Waals surface area contributed by atoms with Crippen molar-refractivity contribution >= 4 is 23.6 Å². The van der Waals surface area contributed by atoms with Crippen molar-refractivity contribution in [1.82, 2.24) is 5.32 Å². The number of nitrogens with one attached hydrogen (secondary N) is 1. The highest BCUT2D eigenvalue weighted by molar-refractivity contribution is 6.03. The number of benzene rings is 2. The summed E-state index contributed by atoms with van der Waals surface area (Å²) in [6.45, 7) is 0. The zero-order valence-electron chi connectivity index (χ0n) is 17.0. The van der Waals surface area contributed by atoms with Gasteiger partial charge in [0.1, 0.15) is 5.70 Å². The Hall–Kier alpha value is -3.68. The van der Waals surface area contributed by atoms with Gasteiger partial charge in [-0.05, 0) is 35.9 Å². The molecule has 2 rings (SSSR count). The lowest BCUT2D eigenvalue weighted by Gasteiger charge is -2.14. The second-order valence-electron chi connectivity index (χ2n) is 6.22. The molecule has 0 aromatic heterocycles. The summed E-state index contributed by atoms with van der Waals surface area (Å²) in [4.78, 5) is 26.2. The van der Waals surface area contributed by atoms with E-state index in [9.17, 15) is 14.7 Å². The van der Waals surface area contributed by atoms with Gasteiger partial charge in [0.05, 0.1) is 21.3 Å². The van der Waals surface area contributed by atoms with Gasteiger partial charge in [-0.15, -0.1) is 0 Å². The molecule has 154 valence electrons. The third-order valence-electron chi connectivity index (χ3n) is 4.13. The third kappa shape index (κ3) is 5.19. The molecule has 0 aliphatic rings. The minimum atomic E-state index is -1.26. The van der Waals surface area contributed by atoms with Crippen LogP contribution in [0.25, 0.3) is 6.08 Å². The molecule has 0 atom stereocenters. The van der Waals surface area contributed by atoms with E-state index >= 15 is 0 Å². The standard InChI is InChI=1S/C21H24N2O6/c1-23(2)15-8-6-13(7-9-15)10-16(21(25)26)22-20(24)14-11-17(27-3)19(29-5)18(12-14)28-4/h6-12H,1-5H3,(H,22,24)(H,25,26)/b16-10+. The van der Waals surface area contributed by atoms with Gasteiger partial charge in [0, 0.05) is 25.3 Å². The number of anilines is 1. The predicted molar refractivity (Wildman–Crippen MR) is 110 cm³/mol. The monoisotopic (exact) mass is 400 g/mol. The zero-order valence-corrected chi connectivity index (χ0v) is 17.0. The lowest BCUT2D eigenvalue weighted by Crippen LogP contribution is -2.27. The van der Waals surface area contributed by atoms with Crippen molar-refractivity contribution in [1.29, 1.82) is 0 Å². The highest BCUT2D eigenvalue weighted by Gasteiger charge is 2.19. The van der Waals surface area contributed by atoms with Crippen LogP contribution in [0.5, 0.6) is 17.2 Å². The molecule has 8 nitrogen and oxygen atoms in total. The van der Waals surface area contributed by atoms with Crippen molar-refractivity contribution in [3.05, 3.63) is 53.2 Å². The quantitative estimate of drug-likeness (QED) is 0.658. The number of aliphatic carboxylic acids is 1. The number of ether oxygens (including phenoxy) is 3. The van der Waals surface area contributed by atoms with Crippen LogP contribution in [0, 0.1) is 0 Å². The molecule has 0 aliphatic heterocycles. The lowest BCUT2D eigenvalue weighted by molar-refractivity contribution is -0.132. The molecule has 8 heteroatoms. The van der Waals surface area contributed by atoms with E-state index in [2.05, 4.69) is 5.32 Å². The summed E-state index contributed by atoms with van der Waals surface area (Å²) in [5.41, 5.74) is 1.51. The minimum Gasteiger partial charge on any atom is -0.493 e. The van der Waals surface area contributed by atoms with Crippen LogP contribution < -0.4 is 24.4 Å². The first kappa shape index (κ1) is 21.6. The lowest BCUT2D eigenvalue weighted by atomic mass is 10.1. The van der Waals surface area contributed by atoms with Gasteiger partial charge < -0.3 is 29.5 Å². The number of methoxy groups -OCH3 is 3. The van der Waals surface area contributed by atoms with E-state index < -0.39 is 11.9 Å². The first-order valence-electron chi connectivity index (χ1n) is 8.64. The predicted octanol–water partition coefficient (Wildman–Crippen LogP) is 2.63. The normalized spacial score (nSPS) is 10.9. The summed E-state index contributed by atoms with van der Waals surface area (Å²) in [7, 11) is 8.13. The Labute approximate surface area is 169 Å². The number of hydrogen-bond donors (Lipinski definition) is 2. The van der Waals surface area contributed by atoms with E-state index in [1.54, 1.807) is 12.1 Å². The number of carboxylic acids is 1. The summed E-state index contributed by atoms with van der Waals surface area (Å²) in [5, 5.41) is 11.9. The van der Waals surface area contributed by atoms with Crippen LogP contribution in [0.4, 0.5) is 5.69 Å². The fourth-order valence-electron chi connectivity index (χ4n) is 2.59. The number of carboxylic acid groups (broad SMARTS) is 1. The Kier molecular flexibility index (Phi) is 7.08. The number of amides is 1. The molecule has 0 bridgehead atoms. The molecule has 0 radical (unpaired) electrons. The zero-order chi connectivity index (χ0) is 21.6. The van der Waals surface area contributed by atoms with Gasteiger partial charge in [-0.3, -0.25) is 4.79 Å². The molecule has 1 amide bonds. The minimum absolute atomic E-state index is 0.162. The third-order valence-corrected chi connectivity index (χ3v) is 4.13. The molecule has 0 heterocycles. The number of nitrogens with zero attached hydrogens (tertiary/aromatic N) is 1. The second kappa shape index (κ2) is 9.50. The number of hydrogen-bond acceptors (Lipinski definition) is 6. The average molecular weight is 400 g/mol. The Balaban J connectivity index is 2.33. The Morgan fingerprint density at radius 2 is 1.52 bits per heavy atom. The molecule has 0 saturated carbocycles. The fraction of sp³-hybridized carbons (Fsp3) is 0.238. The van der Waals surface area contributed by atoms with Gasteiger partial charge in [0.2, 0.25) is 5.75 Å². The fourth-order valence-corrected chi connectivity index (χ4v) is 2.59. The van der Waals surface area contributed by atoms with E-state index in [4.69, 9.17) is 14.2 Å². The molecule has 2 aromatic rings. The van der Waals surface area contributed by atoms with Gasteiger partial charge in [0.15, 0.2) is 11.5 Å². The Bertz CT molecular complexity index is 894. The summed E-state index contributed by atoms with van der Waals surface area (Å²) < 4.78 is 15.7. The van der Waals surface area contributed by atoms with Crippen molar-refractivity contribution in [2.45, 2.75) is 0 Å². The van der Waals surface area contributed by atoms with Crippen molar-refractivity contribution in [2.24, 2.45) is 0 Å².